The smallest absolute Gasteiger partial charge is 0.261 e. The van der Waals surface area contributed by atoms with E-state index in [-0.39, 0.29) is 5.91 Å². The number of hydrazone groups is 1. The number of benzene rings is 1. The Kier molecular flexibility index (Phi) is 3.08. The van der Waals surface area contributed by atoms with E-state index in [2.05, 4.69) is 20.4 Å². The molecule has 0 saturated carbocycles. The van der Waals surface area contributed by atoms with Crippen molar-refractivity contribution in [1.29, 1.82) is 0 Å². The van der Waals surface area contributed by atoms with Gasteiger partial charge in [-0.3, -0.25) is 4.79 Å². The van der Waals surface area contributed by atoms with Gasteiger partial charge in [-0.05, 0) is 19.1 Å². The van der Waals surface area contributed by atoms with Crippen molar-refractivity contribution in [1.82, 2.24) is 14.9 Å². The quantitative estimate of drug-likeness (QED) is 0.783. The lowest BCUT2D eigenvalue weighted by molar-refractivity contribution is -0.118. The van der Waals surface area contributed by atoms with Crippen LogP contribution in [0.25, 0.3) is 0 Å². The summed E-state index contributed by atoms with van der Waals surface area (Å²) in [5.41, 5.74) is 1.45. The van der Waals surface area contributed by atoms with Crippen molar-refractivity contribution in [2.24, 2.45) is 16.1 Å². The Balaban J connectivity index is 1.82. The second-order valence-electron chi connectivity index (χ2n) is 4.31. The molecule has 0 unspecified atom stereocenters. The van der Waals surface area contributed by atoms with Gasteiger partial charge in [-0.15, -0.1) is 10.2 Å². The van der Waals surface area contributed by atoms with Gasteiger partial charge in [0.25, 0.3) is 5.91 Å². The van der Waals surface area contributed by atoms with Gasteiger partial charge in [-0.2, -0.15) is 15.2 Å². The third kappa shape index (κ3) is 2.20. The molecule has 7 nitrogen and oxygen atoms in total. The van der Waals surface area contributed by atoms with Crippen molar-refractivity contribution in [2.75, 3.05) is 5.01 Å². The van der Waals surface area contributed by atoms with Crippen LogP contribution >= 0.6 is 0 Å². The molecule has 0 bridgehead atoms. The molecule has 7 heteroatoms. The highest BCUT2D eigenvalue weighted by atomic mass is 16.2. The van der Waals surface area contributed by atoms with Crippen LogP contribution in [0.4, 0.5) is 5.69 Å². The second kappa shape index (κ2) is 5.04. The van der Waals surface area contributed by atoms with E-state index >= 15 is 0 Å². The number of para-hydroxylation sites is 1. The SMILES string of the molecule is CC1=NN(c2ccccc2)C(=O)[C@H]1/C=N\n1cnnc1. The third-order valence-electron chi connectivity index (χ3n) is 2.94. The normalized spacial score (nSPS) is 18.9. The van der Waals surface area contributed by atoms with Gasteiger partial charge in [0.05, 0.1) is 11.4 Å². The van der Waals surface area contributed by atoms with E-state index in [4.69, 9.17) is 0 Å². The molecule has 1 atom stereocenters. The first-order valence-electron chi connectivity index (χ1n) is 6.09. The largest absolute Gasteiger partial charge is 0.271 e. The van der Waals surface area contributed by atoms with Crippen LogP contribution < -0.4 is 5.01 Å². The fourth-order valence-corrected chi connectivity index (χ4v) is 1.90. The molecule has 1 aliphatic rings. The number of anilines is 1. The van der Waals surface area contributed by atoms with E-state index in [1.54, 1.807) is 6.21 Å². The first kappa shape index (κ1) is 12.2. The summed E-state index contributed by atoms with van der Waals surface area (Å²) in [6.07, 6.45) is 4.46. The fraction of sp³-hybridized carbons (Fsp3) is 0.154. The van der Waals surface area contributed by atoms with Crippen molar-refractivity contribution in [3.8, 4) is 0 Å². The number of carbonyl (C=O) groups excluding carboxylic acids is 1. The molecular weight excluding hydrogens is 256 g/mol. The average molecular weight is 268 g/mol. The maximum absolute atomic E-state index is 12.4. The minimum atomic E-state index is -0.461. The summed E-state index contributed by atoms with van der Waals surface area (Å²) in [6.45, 7) is 1.81. The molecule has 0 saturated heterocycles. The molecule has 0 spiro atoms. The topological polar surface area (TPSA) is 75.7 Å². The van der Waals surface area contributed by atoms with E-state index in [1.165, 1.54) is 22.3 Å². The molecule has 1 amide bonds. The summed E-state index contributed by atoms with van der Waals surface area (Å²) in [6, 6.07) is 9.31. The Morgan fingerprint density at radius 3 is 2.60 bits per heavy atom. The summed E-state index contributed by atoms with van der Waals surface area (Å²) in [7, 11) is 0. The Labute approximate surface area is 115 Å². The molecule has 0 radical (unpaired) electrons. The molecule has 1 aromatic heterocycles. The first-order valence-corrected chi connectivity index (χ1v) is 6.09. The van der Waals surface area contributed by atoms with Gasteiger partial charge in [0.15, 0.2) is 0 Å². The molecule has 100 valence electrons. The van der Waals surface area contributed by atoms with Crippen molar-refractivity contribution in [3.05, 3.63) is 43.0 Å². The van der Waals surface area contributed by atoms with Crippen LogP contribution in [0.3, 0.4) is 0 Å². The van der Waals surface area contributed by atoms with Crippen LogP contribution in [-0.2, 0) is 4.79 Å². The zero-order valence-electron chi connectivity index (χ0n) is 10.8. The highest BCUT2D eigenvalue weighted by Gasteiger charge is 2.33. The number of carbonyl (C=O) groups is 1. The monoisotopic (exact) mass is 268 g/mol. The lowest BCUT2D eigenvalue weighted by Crippen LogP contribution is -2.28. The predicted molar refractivity (Wildman–Crippen MR) is 74.4 cm³/mol. The zero-order valence-corrected chi connectivity index (χ0v) is 10.8. The Hall–Kier alpha value is -2.83. The van der Waals surface area contributed by atoms with E-state index in [0.717, 1.165) is 5.69 Å². The number of nitrogens with zero attached hydrogens (tertiary/aromatic N) is 6. The van der Waals surface area contributed by atoms with Gasteiger partial charge in [0, 0.05) is 6.21 Å². The van der Waals surface area contributed by atoms with Crippen LogP contribution in [-0.4, -0.2) is 32.7 Å². The van der Waals surface area contributed by atoms with E-state index in [9.17, 15) is 4.79 Å². The van der Waals surface area contributed by atoms with Crippen molar-refractivity contribution >= 4 is 23.5 Å². The number of rotatable bonds is 3. The van der Waals surface area contributed by atoms with E-state index in [0.29, 0.717) is 5.71 Å². The highest BCUT2D eigenvalue weighted by molar-refractivity contribution is 6.23. The third-order valence-corrected chi connectivity index (χ3v) is 2.94. The van der Waals surface area contributed by atoms with E-state index in [1.807, 2.05) is 37.3 Å². The van der Waals surface area contributed by atoms with Gasteiger partial charge < -0.3 is 0 Å². The van der Waals surface area contributed by atoms with Gasteiger partial charge in [-0.25, -0.2) is 4.68 Å². The molecule has 3 rings (SSSR count). The molecule has 20 heavy (non-hydrogen) atoms. The standard InChI is InChI=1S/C13H12N6O/c1-10-12(7-16-18-8-14-15-9-18)13(20)19(17-10)11-5-3-2-4-6-11/h2-9,12H,1H3/b16-7-/t12-/m0/s1. The summed E-state index contributed by atoms with van der Waals surface area (Å²) in [5.74, 6) is -0.580. The van der Waals surface area contributed by atoms with Gasteiger partial charge in [-0.1, -0.05) is 18.2 Å². The molecule has 1 aromatic carbocycles. The predicted octanol–water partition coefficient (Wildman–Crippen LogP) is 1.15. The summed E-state index contributed by atoms with van der Waals surface area (Å²) in [4.78, 5) is 12.4. The van der Waals surface area contributed by atoms with Crippen LogP contribution in [0.5, 0.6) is 0 Å². The van der Waals surface area contributed by atoms with Gasteiger partial charge in [0.1, 0.15) is 18.6 Å². The molecule has 0 aliphatic carbocycles. The highest BCUT2D eigenvalue weighted by Crippen LogP contribution is 2.22. The first-order chi connectivity index (χ1) is 9.75. The molecule has 2 aromatic rings. The maximum Gasteiger partial charge on any atom is 0.261 e. The molecule has 2 heterocycles. The van der Waals surface area contributed by atoms with Crippen molar-refractivity contribution < 1.29 is 4.79 Å². The lowest BCUT2D eigenvalue weighted by Gasteiger charge is -2.12. The van der Waals surface area contributed by atoms with Crippen LogP contribution in [0, 0.1) is 5.92 Å². The summed E-state index contributed by atoms with van der Waals surface area (Å²) >= 11 is 0. The number of amides is 1. The Bertz CT molecular complexity index is 661. The Morgan fingerprint density at radius 2 is 1.90 bits per heavy atom. The minimum absolute atomic E-state index is 0.120. The minimum Gasteiger partial charge on any atom is -0.271 e. The second-order valence-corrected chi connectivity index (χ2v) is 4.31. The molecule has 1 aliphatic heterocycles. The molecule has 0 N–H and O–H groups in total. The molecular formula is C13H12N6O. The van der Waals surface area contributed by atoms with E-state index < -0.39 is 5.92 Å². The van der Waals surface area contributed by atoms with Crippen molar-refractivity contribution in [3.63, 3.8) is 0 Å². The van der Waals surface area contributed by atoms with Crippen LogP contribution in [0.2, 0.25) is 0 Å². The lowest BCUT2D eigenvalue weighted by atomic mass is 10.1. The maximum atomic E-state index is 12.4. The number of hydrogen-bond acceptors (Lipinski definition) is 5. The van der Waals surface area contributed by atoms with Gasteiger partial charge in [0.2, 0.25) is 0 Å². The summed E-state index contributed by atoms with van der Waals surface area (Å²) < 4.78 is 1.44. The van der Waals surface area contributed by atoms with Crippen LogP contribution in [0.15, 0.2) is 53.2 Å². The summed E-state index contributed by atoms with van der Waals surface area (Å²) in [5, 5.41) is 17.1. The van der Waals surface area contributed by atoms with Crippen LogP contribution in [0.1, 0.15) is 6.92 Å². The van der Waals surface area contributed by atoms with Gasteiger partial charge >= 0.3 is 0 Å². The average Bonchev–Trinajstić information content (AvgIpc) is 3.07. The fourth-order valence-electron chi connectivity index (χ4n) is 1.90. The number of aromatic nitrogens is 3. The van der Waals surface area contributed by atoms with Crippen molar-refractivity contribution in [2.45, 2.75) is 6.92 Å². The number of hydrogen-bond donors (Lipinski definition) is 0. The Morgan fingerprint density at radius 1 is 1.20 bits per heavy atom. The zero-order chi connectivity index (χ0) is 13.9. The molecule has 0 fully saturated rings.